The molecule has 1 heterocycles. The highest BCUT2D eigenvalue weighted by Crippen LogP contribution is 2.14. The molecular weight excluding hydrogens is 202 g/mol. The number of hydrazone groups is 1. The number of benzene rings is 1. The van der Waals surface area contributed by atoms with Crippen LogP contribution in [0.3, 0.4) is 0 Å². The van der Waals surface area contributed by atoms with Gasteiger partial charge in [-0.3, -0.25) is 4.79 Å². The molecule has 1 aromatic carbocycles. The van der Waals surface area contributed by atoms with E-state index in [1.165, 1.54) is 0 Å². The third-order valence-corrected chi connectivity index (χ3v) is 2.17. The van der Waals surface area contributed by atoms with Crippen molar-refractivity contribution in [1.82, 2.24) is 5.01 Å². The van der Waals surface area contributed by atoms with E-state index in [9.17, 15) is 4.79 Å². The third-order valence-electron chi connectivity index (χ3n) is 2.17. The number of carbonyl (C=O) groups is 1. The van der Waals surface area contributed by atoms with E-state index in [1.54, 1.807) is 36.6 Å². The van der Waals surface area contributed by atoms with E-state index < -0.39 is 0 Å². The SMILES string of the molecule is N#CC1=CCC=NN1C(=O)c1ccccc1. The number of hydrogen-bond donors (Lipinski definition) is 0. The van der Waals surface area contributed by atoms with Gasteiger partial charge in [-0.15, -0.1) is 0 Å². The molecule has 0 saturated carbocycles. The molecular formula is C12H9N3O. The molecule has 78 valence electrons. The van der Waals surface area contributed by atoms with Gasteiger partial charge in [0.05, 0.1) is 0 Å². The molecule has 4 nitrogen and oxygen atoms in total. The lowest BCUT2D eigenvalue weighted by Crippen LogP contribution is -2.26. The number of carbonyl (C=O) groups excluding carboxylic acids is 1. The topological polar surface area (TPSA) is 56.5 Å². The van der Waals surface area contributed by atoms with E-state index in [4.69, 9.17) is 5.26 Å². The number of nitrogens with zero attached hydrogens (tertiary/aromatic N) is 3. The molecule has 16 heavy (non-hydrogen) atoms. The summed E-state index contributed by atoms with van der Waals surface area (Å²) < 4.78 is 0. The quantitative estimate of drug-likeness (QED) is 0.712. The Bertz CT molecular complexity index is 497. The monoisotopic (exact) mass is 211 g/mol. The lowest BCUT2D eigenvalue weighted by Gasteiger charge is -2.17. The maximum absolute atomic E-state index is 12.0. The second-order valence-electron chi connectivity index (χ2n) is 3.22. The minimum atomic E-state index is -0.288. The van der Waals surface area contributed by atoms with Crippen LogP contribution in [0.25, 0.3) is 0 Å². The van der Waals surface area contributed by atoms with Crippen LogP contribution in [0.5, 0.6) is 0 Å². The van der Waals surface area contributed by atoms with Crippen molar-refractivity contribution in [3.63, 3.8) is 0 Å². The summed E-state index contributed by atoms with van der Waals surface area (Å²) >= 11 is 0. The van der Waals surface area contributed by atoms with E-state index in [2.05, 4.69) is 5.10 Å². The fourth-order valence-corrected chi connectivity index (χ4v) is 1.40. The molecule has 0 bridgehead atoms. The van der Waals surface area contributed by atoms with Gasteiger partial charge in [0.25, 0.3) is 5.91 Å². The summed E-state index contributed by atoms with van der Waals surface area (Å²) in [5.74, 6) is -0.288. The normalized spacial score (nSPS) is 14.2. The van der Waals surface area contributed by atoms with E-state index in [0.717, 1.165) is 5.01 Å². The van der Waals surface area contributed by atoms with Crippen LogP contribution in [0.1, 0.15) is 16.8 Å². The Morgan fingerprint density at radius 2 is 2.12 bits per heavy atom. The van der Waals surface area contributed by atoms with Gasteiger partial charge in [-0.05, 0) is 18.2 Å². The van der Waals surface area contributed by atoms with Crippen molar-refractivity contribution in [2.75, 3.05) is 0 Å². The number of rotatable bonds is 1. The van der Waals surface area contributed by atoms with Gasteiger partial charge in [0.1, 0.15) is 11.8 Å². The van der Waals surface area contributed by atoms with Crippen molar-refractivity contribution in [3.8, 4) is 6.07 Å². The average Bonchev–Trinajstić information content (AvgIpc) is 2.39. The van der Waals surface area contributed by atoms with Crippen LogP contribution in [-0.2, 0) is 0 Å². The maximum Gasteiger partial charge on any atom is 0.279 e. The Hall–Kier alpha value is -2.41. The molecule has 0 radical (unpaired) electrons. The molecule has 0 unspecified atom stereocenters. The van der Waals surface area contributed by atoms with Gasteiger partial charge in [0, 0.05) is 18.2 Å². The van der Waals surface area contributed by atoms with E-state index in [-0.39, 0.29) is 11.6 Å². The molecule has 0 fully saturated rings. The van der Waals surface area contributed by atoms with Crippen LogP contribution in [0.15, 0.2) is 47.2 Å². The molecule has 0 aliphatic carbocycles. The Labute approximate surface area is 93.1 Å². The molecule has 0 aromatic heterocycles. The zero-order chi connectivity index (χ0) is 11.4. The highest BCUT2D eigenvalue weighted by Gasteiger charge is 2.20. The zero-order valence-corrected chi connectivity index (χ0v) is 8.50. The summed E-state index contributed by atoms with van der Waals surface area (Å²) in [4.78, 5) is 12.0. The van der Waals surface area contributed by atoms with Gasteiger partial charge >= 0.3 is 0 Å². The van der Waals surface area contributed by atoms with Crippen molar-refractivity contribution in [1.29, 1.82) is 5.26 Å². The predicted octanol–water partition coefficient (Wildman–Crippen LogP) is 1.93. The number of amides is 1. The van der Waals surface area contributed by atoms with Gasteiger partial charge in [0.2, 0.25) is 0 Å². The highest BCUT2D eigenvalue weighted by atomic mass is 16.2. The molecule has 1 amide bonds. The number of allylic oxidation sites excluding steroid dienone is 2. The largest absolute Gasteiger partial charge is 0.279 e. The first-order valence-corrected chi connectivity index (χ1v) is 4.85. The minimum absolute atomic E-state index is 0.274. The smallest absolute Gasteiger partial charge is 0.267 e. The number of hydrogen-bond acceptors (Lipinski definition) is 3. The van der Waals surface area contributed by atoms with Gasteiger partial charge in [-0.25, -0.2) is 0 Å². The van der Waals surface area contributed by atoms with Gasteiger partial charge in [-0.2, -0.15) is 15.4 Å². The van der Waals surface area contributed by atoms with Gasteiger partial charge in [-0.1, -0.05) is 18.2 Å². The third kappa shape index (κ3) is 1.84. The molecule has 1 aliphatic rings. The molecule has 4 heteroatoms. The van der Waals surface area contributed by atoms with Crippen LogP contribution in [0.4, 0.5) is 0 Å². The molecule has 0 spiro atoms. The van der Waals surface area contributed by atoms with Crippen molar-refractivity contribution >= 4 is 12.1 Å². The molecule has 0 N–H and O–H groups in total. The van der Waals surface area contributed by atoms with Crippen LogP contribution in [-0.4, -0.2) is 17.1 Å². The highest BCUT2D eigenvalue weighted by molar-refractivity contribution is 5.96. The summed E-state index contributed by atoms with van der Waals surface area (Å²) in [7, 11) is 0. The lowest BCUT2D eigenvalue weighted by molar-refractivity contribution is 0.0814. The second-order valence-corrected chi connectivity index (χ2v) is 3.22. The molecule has 0 atom stereocenters. The molecule has 2 rings (SSSR count). The first kappa shape index (κ1) is 10.1. The first-order chi connectivity index (χ1) is 7.83. The predicted molar refractivity (Wildman–Crippen MR) is 59.4 cm³/mol. The Balaban J connectivity index is 2.29. The zero-order valence-electron chi connectivity index (χ0n) is 8.50. The summed E-state index contributed by atoms with van der Waals surface area (Å²) in [5, 5.41) is 13.9. The maximum atomic E-state index is 12.0. The van der Waals surface area contributed by atoms with Crippen molar-refractivity contribution < 1.29 is 4.79 Å². The van der Waals surface area contributed by atoms with E-state index >= 15 is 0 Å². The summed E-state index contributed by atoms with van der Waals surface area (Å²) in [6.07, 6.45) is 3.86. The van der Waals surface area contributed by atoms with Crippen LogP contribution in [0, 0.1) is 11.3 Å². The Morgan fingerprint density at radius 3 is 2.81 bits per heavy atom. The van der Waals surface area contributed by atoms with Crippen LogP contribution >= 0.6 is 0 Å². The second kappa shape index (κ2) is 4.41. The van der Waals surface area contributed by atoms with Crippen LogP contribution in [0.2, 0.25) is 0 Å². The van der Waals surface area contributed by atoms with Crippen LogP contribution < -0.4 is 0 Å². The standard InChI is InChI=1S/C12H9N3O/c13-9-11-7-4-8-14-15(11)12(16)10-5-2-1-3-6-10/h1-3,5-8H,4H2. The number of nitriles is 1. The fraction of sp³-hybridized carbons (Fsp3) is 0.0833. The van der Waals surface area contributed by atoms with Gasteiger partial charge < -0.3 is 0 Å². The van der Waals surface area contributed by atoms with Crippen molar-refractivity contribution in [2.45, 2.75) is 6.42 Å². The minimum Gasteiger partial charge on any atom is -0.267 e. The Morgan fingerprint density at radius 1 is 1.38 bits per heavy atom. The molecule has 1 aliphatic heterocycles. The first-order valence-electron chi connectivity index (χ1n) is 4.85. The van der Waals surface area contributed by atoms with E-state index in [0.29, 0.717) is 12.0 Å². The molecule has 0 saturated heterocycles. The fourth-order valence-electron chi connectivity index (χ4n) is 1.40. The average molecular weight is 211 g/mol. The Kier molecular flexibility index (Phi) is 2.79. The summed E-state index contributed by atoms with van der Waals surface area (Å²) in [5.41, 5.74) is 0.791. The van der Waals surface area contributed by atoms with Crippen molar-refractivity contribution in [3.05, 3.63) is 47.7 Å². The van der Waals surface area contributed by atoms with Gasteiger partial charge in [0.15, 0.2) is 0 Å². The van der Waals surface area contributed by atoms with E-state index in [1.807, 2.05) is 12.1 Å². The lowest BCUT2D eigenvalue weighted by atomic mass is 10.2. The van der Waals surface area contributed by atoms with Crippen molar-refractivity contribution in [2.24, 2.45) is 5.10 Å². The summed E-state index contributed by atoms with van der Waals surface area (Å²) in [6, 6.07) is 10.7. The summed E-state index contributed by atoms with van der Waals surface area (Å²) in [6.45, 7) is 0. The molecule has 1 aromatic rings.